The van der Waals surface area contributed by atoms with Gasteiger partial charge in [0.05, 0.1) is 25.4 Å². The van der Waals surface area contributed by atoms with Crippen LogP contribution in [0.25, 0.3) is 10.2 Å². The fraction of sp³-hybridized carbons (Fsp3) is 0.409. The third-order valence-corrected chi connectivity index (χ3v) is 7.57. The number of fused-ring (bicyclic) bond motifs is 3. The van der Waals surface area contributed by atoms with Gasteiger partial charge in [-0.25, -0.2) is 4.98 Å². The number of Topliss-reactive ketones (excluding diaryl/α,β-unsaturated/α-hetero) is 1. The van der Waals surface area contributed by atoms with Crippen LogP contribution < -0.4 is 15.0 Å². The average molecular weight is 445 g/mol. The number of hydrogen-bond donors (Lipinski definition) is 0. The van der Waals surface area contributed by atoms with E-state index >= 15 is 0 Å². The van der Waals surface area contributed by atoms with Crippen molar-refractivity contribution in [1.29, 1.82) is 0 Å². The van der Waals surface area contributed by atoms with Gasteiger partial charge in [0.1, 0.15) is 10.6 Å². The lowest BCUT2D eigenvalue weighted by Gasteiger charge is -2.13. The number of aryl methyl sites for hydroxylation is 3. The van der Waals surface area contributed by atoms with Crippen LogP contribution in [0.15, 0.2) is 28.2 Å². The molecule has 0 bridgehead atoms. The summed E-state index contributed by atoms with van der Waals surface area (Å²) in [6, 6.07) is 5.78. The summed E-state index contributed by atoms with van der Waals surface area (Å²) in [7, 11) is 3.22. The molecule has 6 nitrogen and oxygen atoms in total. The first-order valence-corrected chi connectivity index (χ1v) is 11.7. The molecule has 2 aromatic heterocycles. The molecule has 0 radical (unpaired) electrons. The largest absolute Gasteiger partial charge is 0.493 e. The standard InChI is InChI=1S/C22H24N2O4S2/c1-13(25)12-29-22-23-20-19(15-5-4-6-18(15)30-20)21(26)24(22)10-9-14-7-8-16(27-2)17(11-14)28-3/h7-8,11H,4-6,9-10,12H2,1-3H3. The summed E-state index contributed by atoms with van der Waals surface area (Å²) in [6.07, 6.45) is 3.72. The van der Waals surface area contributed by atoms with E-state index < -0.39 is 0 Å². The van der Waals surface area contributed by atoms with E-state index in [-0.39, 0.29) is 11.3 Å². The summed E-state index contributed by atoms with van der Waals surface area (Å²) in [5.74, 6) is 1.71. The monoisotopic (exact) mass is 444 g/mol. The predicted octanol–water partition coefficient (Wildman–Crippen LogP) is 3.89. The lowest BCUT2D eigenvalue weighted by molar-refractivity contribution is -0.114. The smallest absolute Gasteiger partial charge is 0.263 e. The third kappa shape index (κ3) is 3.98. The maximum absolute atomic E-state index is 13.4. The number of rotatable bonds is 8. The fourth-order valence-corrected chi connectivity index (χ4v) is 5.94. The zero-order chi connectivity index (χ0) is 21.3. The first-order chi connectivity index (χ1) is 14.5. The van der Waals surface area contributed by atoms with E-state index in [2.05, 4.69) is 0 Å². The van der Waals surface area contributed by atoms with E-state index in [1.54, 1.807) is 37.0 Å². The van der Waals surface area contributed by atoms with E-state index in [1.165, 1.54) is 22.2 Å². The van der Waals surface area contributed by atoms with Gasteiger partial charge in [-0.2, -0.15) is 0 Å². The minimum Gasteiger partial charge on any atom is -0.493 e. The van der Waals surface area contributed by atoms with E-state index in [0.29, 0.717) is 35.4 Å². The first kappa shape index (κ1) is 20.9. The predicted molar refractivity (Wildman–Crippen MR) is 121 cm³/mol. The number of aromatic nitrogens is 2. The first-order valence-electron chi connectivity index (χ1n) is 9.90. The van der Waals surface area contributed by atoms with Gasteiger partial charge in [0.15, 0.2) is 16.7 Å². The summed E-state index contributed by atoms with van der Waals surface area (Å²) in [4.78, 5) is 31.9. The molecule has 0 spiro atoms. The van der Waals surface area contributed by atoms with Crippen molar-refractivity contribution in [3.63, 3.8) is 0 Å². The molecule has 0 saturated carbocycles. The van der Waals surface area contributed by atoms with Crippen molar-refractivity contribution in [2.45, 2.75) is 44.3 Å². The molecular formula is C22H24N2O4S2. The molecule has 0 saturated heterocycles. The molecule has 0 amide bonds. The number of hydrogen-bond acceptors (Lipinski definition) is 7. The maximum Gasteiger partial charge on any atom is 0.263 e. The number of methoxy groups -OCH3 is 2. The zero-order valence-electron chi connectivity index (χ0n) is 17.3. The summed E-state index contributed by atoms with van der Waals surface area (Å²) < 4.78 is 12.4. The van der Waals surface area contributed by atoms with Crippen molar-refractivity contribution in [2.24, 2.45) is 0 Å². The van der Waals surface area contributed by atoms with E-state index in [9.17, 15) is 9.59 Å². The van der Waals surface area contributed by atoms with Gasteiger partial charge in [0.25, 0.3) is 5.56 Å². The van der Waals surface area contributed by atoms with Gasteiger partial charge in [0, 0.05) is 11.4 Å². The highest BCUT2D eigenvalue weighted by Gasteiger charge is 2.23. The second-order valence-electron chi connectivity index (χ2n) is 7.32. The maximum atomic E-state index is 13.4. The number of thioether (sulfide) groups is 1. The lowest BCUT2D eigenvalue weighted by Crippen LogP contribution is -2.24. The van der Waals surface area contributed by atoms with Gasteiger partial charge in [-0.05, 0) is 55.9 Å². The lowest BCUT2D eigenvalue weighted by atomic mass is 10.1. The molecule has 1 aliphatic carbocycles. The molecular weight excluding hydrogens is 420 g/mol. The topological polar surface area (TPSA) is 70.4 Å². The van der Waals surface area contributed by atoms with E-state index in [1.807, 2.05) is 18.2 Å². The highest BCUT2D eigenvalue weighted by Crippen LogP contribution is 2.35. The van der Waals surface area contributed by atoms with E-state index in [4.69, 9.17) is 14.5 Å². The highest BCUT2D eigenvalue weighted by molar-refractivity contribution is 7.99. The molecule has 0 fully saturated rings. The minimum absolute atomic E-state index is 0.00549. The molecule has 0 N–H and O–H groups in total. The van der Waals surface area contributed by atoms with Crippen LogP contribution >= 0.6 is 23.1 Å². The molecule has 3 aromatic rings. The number of carbonyl (C=O) groups excluding carboxylic acids is 1. The average Bonchev–Trinajstić information content (AvgIpc) is 3.32. The van der Waals surface area contributed by atoms with E-state index in [0.717, 1.165) is 35.0 Å². The Morgan fingerprint density at radius 1 is 1.23 bits per heavy atom. The van der Waals surface area contributed by atoms with Crippen LogP contribution in [0.2, 0.25) is 0 Å². The van der Waals surface area contributed by atoms with Crippen molar-refractivity contribution in [1.82, 2.24) is 9.55 Å². The summed E-state index contributed by atoms with van der Waals surface area (Å²) in [5, 5.41) is 1.38. The Labute approximate surface area is 183 Å². The van der Waals surface area contributed by atoms with Crippen LogP contribution in [0.3, 0.4) is 0 Å². The normalized spacial score (nSPS) is 12.9. The van der Waals surface area contributed by atoms with Gasteiger partial charge in [0.2, 0.25) is 0 Å². The Kier molecular flexibility index (Phi) is 6.15. The molecule has 2 heterocycles. The Balaban J connectivity index is 1.70. The van der Waals surface area contributed by atoms with Crippen molar-refractivity contribution in [3.8, 4) is 11.5 Å². The Morgan fingerprint density at radius 3 is 2.77 bits per heavy atom. The molecule has 0 unspecified atom stereocenters. The van der Waals surface area contributed by atoms with Crippen LogP contribution in [0.1, 0.15) is 29.3 Å². The third-order valence-electron chi connectivity index (χ3n) is 5.27. The quantitative estimate of drug-likeness (QED) is 0.388. The minimum atomic E-state index is 0.00549. The van der Waals surface area contributed by atoms with Crippen molar-refractivity contribution in [3.05, 3.63) is 44.6 Å². The summed E-state index contributed by atoms with van der Waals surface area (Å²) in [6.45, 7) is 2.04. The zero-order valence-corrected chi connectivity index (χ0v) is 19.0. The molecule has 158 valence electrons. The van der Waals surface area contributed by atoms with Gasteiger partial charge < -0.3 is 9.47 Å². The second-order valence-corrected chi connectivity index (χ2v) is 9.34. The number of nitrogens with zero attached hydrogens (tertiary/aromatic N) is 2. The van der Waals surface area contributed by atoms with Crippen LogP contribution in [0.4, 0.5) is 0 Å². The fourth-order valence-electron chi connectivity index (χ4n) is 3.81. The summed E-state index contributed by atoms with van der Waals surface area (Å²) in [5.41, 5.74) is 2.22. The van der Waals surface area contributed by atoms with Gasteiger partial charge in [-0.3, -0.25) is 14.2 Å². The molecule has 4 rings (SSSR count). The van der Waals surface area contributed by atoms with Crippen LogP contribution in [-0.4, -0.2) is 35.3 Å². The van der Waals surface area contributed by atoms with Gasteiger partial charge in [-0.15, -0.1) is 11.3 Å². The van der Waals surface area contributed by atoms with Crippen molar-refractivity contribution in [2.75, 3.05) is 20.0 Å². The van der Waals surface area contributed by atoms with Crippen LogP contribution in [0, 0.1) is 0 Å². The molecule has 1 aromatic carbocycles. The number of ketones is 1. The molecule has 8 heteroatoms. The molecule has 0 aliphatic heterocycles. The number of ether oxygens (including phenoxy) is 2. The number of carbonyl (C=O) groups is 1. The SMILES string of the molecule is COc1ccc(CCn2c(SCC(C)=O)nc3sc4c(c3c2=O)CCC4)cc1OC. The van der Waals surface area contributed by atoms with Gasteiger partial charge >= 0.3 is 0 Å². The van der Waals surface area contributed by atoms with Crippen molar-refractivity contribution < 1.29 is 14.3 Å². The molecule has 1 aliphatic rings. The Bertz CT molecular complexity index is 1170. The van der Waals surface area contributed by atoms with Crippen LogP contribution in [-0.2, 0) is 30.6 Å². The molecule has 30 heavy (non-hydrogen) atoms. The van der Waals surface area contributed by atoms with Crippen LogP contribution in [0.5, 0.6) is 11.5 Å². The highest BCUT2D eigenvalue weighted by atomic mass is 32.2. The Morgan fingerprint density at radius 2 is 2.03 bits per heavy atom. The number of benzene rings is 1. The number of thiophene rings is 1. The van der Waals surface area contributed by atoms with Gasteiger partial charge in [-0.1, -0.05) is 17.8 Å². The van der Waals surface area contributed by atoms with Crippen molar-refractivity contribution >= 4 is 39.1 Å². The second kappa shape index (κ2) is 8.81. The summed E-state index contributed by atoms with van der Waals surface area (Å²) >= 11 is 2.97. The Hall–Kier alpha value is -2.32. The molecule has 0 atom stereocenters.